The third-order valence-electron chi connectivity index (χ3n) is 3.44. The summed E-state index contributed by atoms with van der Waals surface area (Å²) in [6.45, 7) is 7.15. The van der Waals surface area contributed by atoms with Crippen molar-refractivity contribution < 1.29 is 4.79 Å². The molecule has 0 spiro atoms. The molecular weight excluding hydrogens is 292 g/mol. The molecule has 6 heteroatoms. The number of carbonyl (C=O) groups excluding carboxylic acids is 1. The normalized spacial score (nSPS) is 11.1. The van der Waals surface area contributed by atoms with Crippen molar-refractivity contribution in [2.75, 3.05) is 11.9 Å². The van der Waals surface area contributed by atoms with Crippen molar-refractivity contribution in [3.8, 4) is 0 Å². The predicted molar refractivity (Wildman–Crippen MR) is 90.7 cm³/mol. The number of nitrogens with one attached hydrogen (secondary N) is 2. The monoisotopic (exact) mass is 314 g/mol. The van der Waals surface area contributed by atoms with Crippen molar-refractivity contribution in [1.29, 1.82) is 0 Å². The summed E-state index contributed by atoms with van der Waals surface area (Å²) in [6.07, 6.45) is 2.90. The number of anilines is 1. The molecule has 23 heavy (non-hydrogen) atoms. The van der Waals surface area contributed by atoms with Gasteiger partial charge in [0, 0.05) is 31.0 Å². The quantitative estimate of drug-likeness (QED) is 0.909. The number of nitrogens with zero attached hydrogens (tertiary/aromatic N) is 2. The molecule has 2 amide bonds. The van der Waals surface area contributed by atoms with Gasteiger partial charge in [-0.15, -0.1) is 0 Å². The van der Waals surface area contributed by atoms with E-state index >= 15 is 0 Å². The Kier molecular flexibility index (Phi) is 5.16. The summed E-state index contributed by atoms with van der Waals surface area (Å²) in [6, 6.07) is 8.86. The van der Waals surface area contributed by atoms with Crippen molar-refractivity contribution in [3.05, 3.63) is 58.8 Å². The highest BCUT2D eigenvalue weighted by Gasteiger charge is 2.13. The molecule has 1 heterocycles. The van der Waals surface area contributed by atoms with Crippen LogP contribution in [-0.2, 0) is 12.0 Å². The third kappa shape index (κ3) is 4.95. The first-order valence-electron chi connectivity index (χ1n) is 7.52. The van der Waals surface area contributed by atoms with Gasteiger partial charge < -0.3 is 10.6 Å². The maximum absolute atomic E-state index is 11.8. The highest BCUT2D eigenvalue weighted by molar-refractivity contribution is 5.89. The highest BCUT2D eigenvalue weighted by Crippen LogP contribution is 2.23. The largest absolute Gasteiger partial charge is 0.336 e. The number of hydrogen-bond acceptors (Lipinski definition) is 3. The molecule has 2 N–H and O–H groups in total. The zero-order valence-corrected chi connectivity index (χ0v) is 13.7. The fourth-order valence-electron chi connectivity index (χ4n) is 2.07. The highest BCUT2D eigenvalue weighted by atomic mass is 16.2. The van der Waals surface area contributed by atoms with Crippen LogP contribution in [0.3, 0.4) is 0 Å². The van der Waals surface area contributed by atoms with Gasteiger partial charge in [0.1, 0.15) is 0 Å². The molecule has 1 aromatic heterocycles. The molecule has 0 aliphatic rings. The van der Waals surface area contributed by atoms with Gasteiger partial charge in [-0.2, -0.15) is 0 Å². The van der Waals surface area contributed by atoms with Gasteiger partial charge in [-0.25, -0.2) is 9.78 Å². The second kappa shape index (κ2) is 7.09. The molecule has 2 aromatic rings. The maximum atomic E-state index is 11.8. The Morgan fingerprint density at radius 1 is 1.17 bits per heavy atom. The van der Waals surface area contributed by atoms with E-state index in [2.05, 4.69) is 36.4 Å². The van der Waals surface area contributed by atoms with Gasteiger partial charge in [-0.1, -0.05) is 32.9 Å². The van der Waals surface area contributed by atoms with Crippen LogP contribution in [0.5, 0.6) is 0 Å². The smallest absolute Gasteiger partial charge is 0.319 e. The number of urea groups is 1. The molecular formula is C17H22N4O2. The van der Waals surface area contributed by atoms with E-state index in [0.717, 1.165) is 5.69 Å². The number of hydrogen-bond donors (Lipinski definition) is 2. The Hall–Kier alpha value is -2.63. The van der Waals surface area contributed by atoms with E-state index in [0.29, 0.717) is 13.1 Å². The Morgan fingerprint density at radius 3 is 2.48 bits per heavy atom. The lowest BCUT2D eigenvalue weighted by Gasteiger charge is -2.19. The van der Waals surface area contributed by atoms with E-state index in [9.17, 15) is 9.59 Å². The lowest BCUT2D eigenvalue weighted by molar-refractivity contribution is 0.251. The summed E-state index contributed by atoms with van der Waals surface area (Å²) >= 11 is 0. The number of benzene rings is 1. The van der Waals surface area contributed by atoms with E-state index in [1.165, 1.54) is 28.7 Å². The molecule has 0 aliphatic carbocycles. The van der Waals surface area contributed by atoms with Crippen LogP contribution in [0.1, 0.15) is 26.3 Å². The summed E-state index contributed by atoms with van der Waals surface area (Å²) < 4.78 is 1.44. The van der Waals surface area contributed by atoms with Crippen LogP contribution in [-0.4, -0.2) is 22.1 Å². The number of amides is 2. The SMILES string of the molecule is CC(C)(C)c1ccc(NC(=O)NCCn2cnccc2=O)cc1. The first kappa shape index (κ1) is 16.7. The Balaban J connectivity index is 1.83. The van der Waals surface area contributed by atoms with Crippen LogP contribution >= 0.6 is 0 Å². The predicted octanol–water partition coefficient (Wildman–Crippen LogP) is 2.36. The summed E-state index contributed by atoms with van der Waals surface area (Å²) in [7, 11) is 0. The second-order valence-electron chi connectivity index (χ2n) is 6.32. The van der Waals surface area contributed by atoms with Crippen LogP contribution < -0.4 is 16.2 Å². The summed E-state index contributed by atoms with van der Waals surface area (Å²) in [5.74, 6) is 0. The zero-order valence-electron chi connectivity index (χ0n) is 13.7. The Labute approximate surface area is 135 Å². The fourth-order valence-corrected chi connectivity index (χ4v) is 2.07. The van der Waals surface area contributed by atoms with Crippen LogP contribution in [0.25, 0.3) is 0 Å². The van der Waals surface area contributed by atoms with Crippen molar-refractivity contribution in [1.82, 2.24) is 14.9 Å². The Morgan fingerprint density at radius 2 is 1.87 bits per heavy atom. The number of rotatable bonds is 4. The first-order chi connectivity index (χ1) is 10.9. The molecule has 0 atom stereocenters. The van der Waals surface area contributed by atoms with Gasteiger partial charge in [0.25, 0.3) is 5.56 Å². The van der Waals surface area contributed by atoms with Gasteiger partial charge in [-0.05, 0) is 23.1 Å². The molecule has 0 saturated carbocycles. The van der Waals surface area contributed by atoms with E-state index in [-0.39, 0.29) is 17.0 Å². The molecule has 122 valence electrons. The molecule has 2 rings (SSSR count). The minimum Gasteiger partial charge on any atom is -0.336 e. The maximum Gasteiger partial charge on any atom is 0.319 e. The summed E-state index contributed by atoms with van der Waals surface area (Å²) in [4.78, 5) is 27.2. The average Bonchev–Trinajstić information content (AvgIpc) is 2.49. The summed E-state index contributed by atoms with van der Waals surface area (Å²) in [5.41, 5.74) is 1.88. The minimum atomic E-state index is -0.301. The van der Waals surface area contributed by atoms with E-state index in [1.807, 2.05) is 24.3 Å². The fraction of sp³-hybridized carbons (Fsp3) is 0.353. The molecule has 0 saturated heterocycles. The van der Waals surface area contributed by atoms with Gasteiger partial charge in [0.15, 0.2) is 0 Å². The molecule has 6 nitrogen and oxygen atoms in total. The lowest BCUT2D eigenvalue weighted by Crippen LogP contribution is -2.33. The summed E-state index contributed by atoms with van der Waals surface area (Å²) in [5, 5.41) is 5.48. The molecule has 0 unspecified atom stereocenters. The topological polar surface area (TPSA) is 76.0 Å². The second-order valence-corrected chi connectivity index (χ2v) is 6.32. The van der Waals surface area contributed by atoms with Gasteiger partial charge in [0.2, 0.25) is 0 Å². The Bertz CT molecular complexity index is 714. The van der Waals surface area contributed by atoms with E-state index in [4.69, 9.17) is 0 Å². The standard InChI is InChI=1S/C17H22N4O2/c1-17(2,3)13-4-6-14(7-5-13)20-16(23)19-10-11-21-12-18-9-8-15(21)22/h4-9,12H,10-11H2,1-3H3,(H2,19,20,23). The van der Waals surface area contributed by atoms with Gasteiger partial charge >= 0.3 is 6.03 Å². The van der Waals surface area contributed by atoms with Crippen molar-refractivity contribution >= 4 is 11.7 Å². The van der Waals surface area contributed by atoms with Gasteiger partial charge in [0.05, 0.1) is 6.33 Å². The molecule has 0 aliphatic heterocycles. The molecule has 0 fully saturated rings. The van der Waals surface area contributed by atoms with Crippen molar-refractivity contribution in [2.24, 2.45) is 0 Å². The lowest BCUT2D eigenvalue weighted by atomic mass is 9.87. The van der Waals surface area contributed by atoms with E-state index < -0.39 is 0 Å². The first-order valence-corrected chi connectivity index (χ1v) is 7.52. The van der Waals surface area contributed by atoms with Crippen LogP contribution in [0.2, 0.25) is 0 Å². The van der Waals surface area contributed by atoms with Crippen LogP contribution in [0, 0.1) is 0 Å². The molecule has 0 bridgehead atoms. The molecule has 1 aromatic carbocycles. The van der Waals surface area contributed by atoms with Crippen LogP contribution in [0.4, 0.5) is 10.5 Å². The van der Waals surface area contributed by atoms with E-state index in [1.54, 1.807) is 0 Å². The van der Waals surface area contributed by atoms with Gasteiger partial charge in [-0.3, -0.25) is 9.36 Å². The van der Waals surface area contributed by atoms with Crippen LogP contribution in [0.15, 0.2) is 47.7 Å². The minimum absolute atomic E-state index is 0.0811. The number of aromatic nitrogens is 2. The average molecular weight is 314 g/mol. The van der Waals surface area contributed by atoms with Crippen molar-refractivity contribution in [2.45, 2.75) is 32.7 Å². The van der Waals surface area contributed by atoms with Crippen molar-refractivity contribution in [3.63, 3.8) is 0 Å². The third-order valence-corrected chi connectivity index (χ3v) is 3.44. The molecule has 0 radical (unpaired) electrons. The zero-order chi connectivity index (χ0) is 16.9. The number of carbonyl (C=O) groups is 1.